The first kappa shape index (κ1) is 18.8. The van der Waals surface area contributed by atoms with Crippen LogP contribution in [0.15, 0.2) is 47.4 Å². The van der Waals surface area contributed by atoms with Gasteiger partial charge >= 0.3 is 0 Å². The molecule has 1 aliphatic rings. The normalized spacial score (nSPS) is 20.6. The number of rotatable bonds is 6. The molecule has 1 aliphatic heterocycles. The minimum absolute atomic E-state index is 0.0327. The van der Waals surface area contributed by atoms with E-state index in [-0.39, 0.29) is 29.8 Å². The van der Waals surface area contributed by atoms with Gasteiger partial charge in [0, 0.05) is 25.6 Å². The molecule has 2 atom stereocenters. The Hall–Kier alpha value is -1.96. The largest absolute Gasteiger partial charge is 0.340 e. The predicted molar refractivity (Wildman–Crippen MR) is 102 cm³/mol. The SMILES string of the molecule is CC1CC(CN)CN1C(=O)CCNS(=O)(=O)c1ccc2ccccc2c1. The quantitative estimate of drug-likeness (QED) is 0.804. The molecule has 7 heteroatoms. The molecule has 0 radical (unpaired) electrons. The zero-order chi connectivity index (χ0) is 18.7. The summed E-state index contributed by atoms with van der Waals surface area (Å²) in [6, 6.07) is 12.8. The Labute approximate surface area is 154 Å². The number of carbonyl (C=O) groups is 1. The van der Waals surface area contributed by atoms with Crippen molar-refractivity contribution in [1.82, 2.24) is 9.62 Å². The summed E-state index contributed by atoms with van der Waals surface area (Å²) in [6.07, 6.45) is 1.06. The van der Waals surface area contributed by atoms with E-state index in [4.69, 9.17) is 5.73 Å². The highest BCUT2D eigenvalue weighted by atomic mass is 32.2. The monoisotopic (exact) mass is 375 g/mol. The molecule has 0 aromatic heterocycles. The fourth-order valence-electron chi connectivity index (χ4n) is 3.51. The van der Waals surface area contributed by atoms with Gasteiger partial charge in [-0.1, -0.05) is 30.3 Å². The number of nitrogens with zero attached hydrogens (tertiary/aromatic N) is 1. The van der Waals surface area contributed by atoms with Gasteiger partial charge in [0.15, 0.2) is 0 Å². The van der Waals surface area contributed by atoms with Crippen LogP contribution in [0.3, 0.4) is 0 Å². The highest BCUT2D eigenvalue weighted by Crippen LogP contribution is 2.23. The molecule has 1 heterocycles. The number of likely N-dealkylation sites (tertiary alicyclic amines) is 1. The molecule has 1 amide bonds. The highest BCUT2D eigenvalue weighted by Gasteiger charge is 2.31. The number of fused-ring (bicyclic) bond motifs is 1. The smallest absolute Gasteiger partial charge is 0.240 e. The Morgan fingerprint density at radius 1 is 1.23 bits per heavy atom. The lowest BCUT2D eigenvalue weighted by Gasteiger charge is -2.21. The number of hydrogen-bond acceptors (Lipinski definition) is 4. The van der Waals surface area contributed by atoms with Crippen molar-refractivity contribution >= 4 is 26.7 Å². The summed E-state index contributed by atoms with van der Waals surface area (Å²) in [6.45, 7) is 3.33. The molecule has 0 spiro atoms. The number of nitrogens with two attached hydrogens (primary N) is 1. The molecule has 3 rings (SSSR count). The average Bonchev–Trinajstić information content (AvgIpc) is 3.02. The maximum Gasteiger partial charge on any atom is 0.240 e. The molecular formula is C19H25N3O3S. The molecule has 2 aromatic carbocycles. The second-order valence-electron chi connectivity index (χ2n) is 6.89. The molecule has 6 nitrogen and oxygen atoms in total. The second-order valence-corrected chi connectivity index (χ2v) is 8.66. The van der Waals surface area contributed by atoms with Gasteiger partial charge in [0.05, 0.1) is 4.90 Å². The van der Waals surface area contributed by atoms with Crippen LogP contribution >= 0.6 is 0 Å². The molecule has 3 N–H and O–H groups in total. The fourth-order valence-corrected chi connectivity index (χ4v) is 4.58. The molecule has 1 saturated heterocycles. The second kappa shape index (κ2) is 7.73. The average molecular weight is 375 g/mol. The summed E-state index contributed by atoms with van der Waals surface area (Å²) < 4.78 is 27.5. The number of benzene rings is 2. The summed E-state index contributed by atoms with van der Waals surface area (Å²) in [4.78, 5) is 14.4. The Kier molecular flexibility index (Phi) is 5.60. The Morgan fingerprint density at radius 3 is 2.65 bits per heavy atom. The molecule has 0 bridgehead atoms. The third-order valence-electron chi connectivity index (χ3n) is 4.98. The molecule has 2 aromatic rings. The van der Waals surface area contributed by atoms with Gasteiger partial charge in [-0.25, -0.2) is 13.1 Å². The predicted octanol–water partition coefficient (Wildman–Crippen LogP) is 1.70. The summed E-state index contributed by atoms with van der Waals surface area (Å²) in [7, 11) is -3.64. The third kappa shape index (κ3) is 4.06. The van der Waals surface area contributed by atoms with Gasteiger partial charge in [-0.15, -0.1) is 0 Å². The van der Waals surface area contributed by atoms with Crippen LogP contribution in [-0.4, -0.2) is 44.9 Å². The van der Waals surface area contributed by atoms with E-state index >= 15 is 0 Å². The van der Waals surface area contributed by atoms with Crippen LogP contribution in [0, 0.1) is 5.92 Å². The van der Waals surface area contributed by atoms with Crippen molar-refractivity contribution < 1.29 is 13.2 Å². The van der Waals surface area contributed by atoms with Gasteiger partial charge in [-0.3, -0.25) is 4.79 Å². The van der Waals surface area contributed by atoms with E-state index in [2.05, 4.69) is 4.72 Å². The molecule has 1 fully saturated rings. The van der Waals surface area contributed by atoms with Gasteiger partial charge in [0.2, 0.25) is 15.9 Å². The van der Waals surface area contributed by atoms with Crippen LogP contribution in [0.25, 0.3) is 10.8 Å². The van der Waals surface area contributed by atoms with Crippen LogP contribution < -0.4 is 10.5 Å². The van der Waals surface area contributed by atoms with Crippen LogP contribution in [0.5, 0.6) is 0 Å². The number of nitrogens with one attached hydrogen (secondary N) is 1. The molecule has 26 heavy (non-hydrogen) atoms. The topological polar surface area (TPSA) is 92.5 Å². The lowest BCUT2D eigenvalue weighted by molar-refractivity contribution is -0.131. The van der Waals surface area contributed by atoms with E-state index in [0.29, 0.717) is 19.0 Å². The number of amides is 1. The number of sulfonamides is 1. The maximum atomic E-state index is 12.5. The van der Waals surface area contributed by atoms with Crippen molar-refractivity contribution in [2.75, 3.05) is 19.6 Å². The minimum atomic E-state index is -3.64. The first-order chi connectivity index (χ1) is 12.4. The van der Waals surface area contributed by atoms with E-state index < -0.39 is 10.0 Å². The minimum Gasteiger partial charge on any atom is -0.340 e. The van der Waals surface area contributed by atoms with Gasteiger partial charge in [-0.2, -0.15) is 0 Å². The first-order valence-electron chi connectivity index (χ1n) is 8.88. The van der Waals surface area contributed by atoms with E-state index in [9.17, 15) is 13.2 Å². The fraction of sp³-hybridized carbons (Fsp3) is 0.421. The lowest BCUT2D eigenvalue weighted by atomic mass is 10.1. The standard InChI is InChI=1S/C19H25N3O3S/c1-14-10-15(12-20)13-22(14)19(23)8-9-21-26(24,25)18-7-6-16-4-2-3-5-17(16)11-18/h2-7,11,14-15,21H,8-10,12-13,20H2,1H3. The van der Waals surface area contributed by atoms with E-state index in [1.807, 2.05) is 36.1 Å². The van der Waals surface area contributed by atoms with Gasteiger partial charge < -0.3 is 10.6 Å². The summed E-state index contributed by atoms with van der Waals surface area (Å²) in [5.41, 5.74) is 5.69. The van der Waals surface area contributed by atoms with E-state index in [1.165, 1.54) is 0 Å². The van der Waals surface area contributed by atoms with Gasteiger partial charge in [0.1, 0.15) is 0 Å². The van der Waals surface area contributed by atoms with Crippen LogP contribution in [-0.2, 0) is 14.8 Å². The zero-order valence-corrected chi connectivity index (χ0v) is 15.7. The highest BCUT2D eigenvalue weighted by molar-refractivity contribution is 7.89. The molecule has 0 aliphatic carbocycles. The van der Waals surface area contributed by atoms with Crippen LogP contribution in [0.2, 0.25) is 0 Å². The summed E-state index contributed by atoms with van der Waals surface area (Å²) >= 11 is 0. The number of carbonyl (C=O) groups excluding carboxylic acids is 1. The molecule has 0 saturated carbocycles. The van der Waals surface area contributed by atoms with Crippen molar-refractivity contribution in [3.05, 3.63) is 42.5 Å². The van der Waals surface area contributed by atoms with Crippen molar-refractivity contribution in [1.29, 1.82) is 0 Å². The molecular weight excluding hydrogens is 350 g/mol. The summed E-state index contributed by atoms with van der Waals surface area (Å²) in [5.74, 6) is 0.304. The maximum absolute atomic E-state index is 12.5. The van der Waals surface area contributed by atoms with Crippen molar-refractivity contribution in [2.24, 2.45) is 11.7 Å². The first-order valence-corrected chi connectivity index (χ1v) is 10.4. The third-order valence-corrected chi connectivity index (χ3v) is 6.44. The van der Waals surface area contributed by atoms with Crippen molar-refractivity contribution in [2.45, 2.75) is 30.7 Å². The van der Waals surface area contributed by atoms with E-state index in [0.717, 1.165) is 17.2 Å². The van der Waals surface area contributed by atoms with Crippen molar-refractivity contribution in [3.8, 4) is 0 Å². The summed E-state index contributed by atoms with van der Waals surface area (Å²) in [5, 5.41) is 1.85. The Morgan fingerprint density at radius 2 is 1.96 bits per heavy atom. The van der Waals surface area contributed by atoms with Crippen LogP contribution in [0.1, 0.15) is 19.8 Å². The lowest BCUT2D eigenvalue weighted by Crippen LogP contribution is -2.37. The van der Waals surface area contributed by atoms with E-state index in [1.54, 1.807) is 18.2 Å². The van der Waals surface area contributed by atoms with Gasteiger partial charge in [0.25, 0.3) is 0 Å². The molecule has 140 valence electrons. The molecule has 2 unspecified atom stereocenters. The zero-order valence-electron chi connectivity index (χ0n) is 14.9. The Bertz CT molecular complexity index is 898. The Balaban J connectivity index is 1.60. The van der Waals surface area contributed by atoms with Crippen molar-refractivity contribution in [3.63, 3.8) is 0 Å². The van der Waals surface area contributed by atoms with Crippen LogP contribution in [0.4, 0.5) is 0 Å². The van der Waals surface area contributed by atoms with Gasteiger partial charge in [-0.05, 0) is 48.7 Å². The number of hydrogen-bond donors (Lipinski definition) is 2.